The molecule has 1 amide bonds. The van der Waals surface area contributed by atoms with Gasteiger partial charge in [-0.3, -0.25) is 9.10 Å². The van der Waals surface area contributed by atoms with Crippen molar-refractivity contribution in [3.63, 3.8) is 0 Å². The lowest BCUT2D eigenvalue weighted by molar-refractivity contribution is -0.119. The summed E-state index contributed by atoms with van der Waals surface area (Å²) in [4.78, 5) is 12.2. The van der Waals surface area contributed by atoms with Gasteiger partial charge >= 0.3 is 0 Å². The maximum absolute atomic E-state index is 12.2. The van der Waals surface area contributed by atoms with Crippen molar-refractivity contribution in [1.82, 2.24) is 5.32 Å². The van der Waals surface area contributed by atoms with Crippen LogP contribution in [0.1, 0.15) is 32.1 Å². The molecule has 0 aliphatic heterocycles. The fourth-order valence-corrected chi connectivity index (χ4v) is 4.03. The summed E-state index contributed by atoms with van der Waals surface area (Å²) in [5.41, 5.74) is 1.55. The number of hydrogen-bond donors (Lipinski definition) is 1. The number of rotatable bonds is 7. The summed E-state index contributed by atoms with van der Waals surface area (Å²) in [6.07, 6.45) is 8.63. The lowest BCUT2D eigenvalue weighted by Gasteiger charge is -2.23. The van der Waals surface area contributed by atoms with E-state index in [0.717, 1.165) is 29.8 Å². The first-order chi connectivity index (χ1) is 11.8. The molecule has 0 unspecified atom stereocenters. The summed E-state index contributed by atoms with van der Waals surface area (Å²) in [5.74, 6) is -0.377. The number of carbonyl (C=O) groups excluding carboxylic acids is 1. The number of halogens is 2. The maximum atomic E-state index is 12.2. The molecule has 0 atom stereocenters. The quantitative estimate of drug-likeness (QED) is 0.703. The number of sulfonamides is 1. The van der Waals surface area contributed by atoms with Gasteiger partial charge in [0.2, 0.25) is 15.9 Å². The minimum Gasteiger partial charge on any atom is -0.354 e. The Balaban J connectivity index is 2.01. The van der Waals surface area contributed by atoms with Crippen molar-refractivity contribution in [1.29, 1.82) is 0 Å². The van der Waals surface area contributed by atoms with Crippen LogP contribution in [0.4, 0.5) is 5.69 Å². The third-order valence-electron chi connectivity index (χ3n) is 4.02. The minimum absolute atomic E-state index is 0.196. The van der Waals surface area contributed by atoms with E-state index in [0.29, 0.717) is 11.6 Å². The Kier molecular flexibility index (Phi) is 7.16. The van der Waals surface area contributed by atoms with E-state index in [1.54, 1.807) is 6.07 Å². The van der Waals surface area contributed by atoms with E-state index < -0.39 is 10.0 Å². The normalized spacial score (nSPS) is 14.8. The number of nitrogens with zero attached hydrogens (tertiary/aromatic N) is 1. The first-order valence-corrected chi connectivity index (χ1v) is 10.7. The molecule has 8 heteroatoms. The summed E-state index contributed by atoms with van der Waals surface area (Å²) >= 11 is 12.0. The van der Waals surface area contributed by atoms with Gasteiger partial charge in [-0.1, -0.05) is 34.9 Å². The molecule has 0 bridgehead atoms. The van der Waals surface area contributed by atoms with Crippen molar-refractivity contribution in [3.8, 4) is 0 Å². The molecule has 1 aliphatic carbocycles. The van der Waals surface area contributed by atoms with Gasteiger partial charge in [0.05, 0.1) is 17.0 Å². The van der Waals surface area contributed by atoms with Gasteiger partial charge in [-0.2, -0.15) is 0 Å². The van der Waals surface area contributed by atoms with Crippen molar-refractivity contribution < 1.29 is 13.2 Å². The number of nitrogens with one attached hydrogen (secondary N) is 1. The molecular weight excluding hydrogens is 383 g/mol. The Labute approximate surface area is 159 Å². The first kappa shape index (κ1) is 20.1. The second-order valence-corrected chi connectivity index (χ2v) is 8.82. The van der Waals surface area contributed by atoms with Crippen LogP contribution >= 0.6 is 23.2 Å². The van der Waals surface area contributed by atoms with Crippen molar-refractivity contribution in [2.75, 3.05) is 23.7 Å². The molecule has 1 aliphatic rings. The summed E-state index contributed by atoms with van der Waals surface area (Å²) in [6, 6.07) is 4.50. The van der Waals surface area contributed by atoms with Crippen LogP contribution in [-0.2, 0) is 14.8 Å². The van der Waals surface area contributed by atoms with Gasteiger partial charge in [0.1, 0.15) is 6.54 Å². The van der Waals surface area contributed by atoms with Crippen LogP contribution in [0, 0.1) is 0 Å². The van der Waals surface area contributed by atoms with Gasteiger partial charge in [0, 0.05) is 11.6 Å². The molecule has 25 heavy (non-hydrogen) atoms. The third-order valence-corrected chi connectivity index (χ3v) is 5.70. The molecule has 0 spiro atoms. The topological polar surface area (TPSA) is 66.5 Å². The second kappa shape index (κ2) is 8.92. The molecular formula is C17H22Cl2N2O3S. The number of amides is 1. The van der Waals surface area contributed by atoms with Gasteiger partial charge in [-0.25, -0.2) is 8.42 Å². The van der Waals surface area contributed by atoms with Crippen molar-refractivity contribution in [3.05, 3.63) is 39.9 Å². The zero-order valence-corrected chi connectivity index (χ0v) is 16.4. The van der Waals surface area contributed by atoms with Gasteiger partial charge < -0.3 is 5.32 Å². The Hall–Kier alpha value is -1.24. The highest BCUT2D eigenvalue weighted by Gasteiger charge is 2.23. The van der Waals surface area contributed by atoms with Gasteiger partial charge in [0.15, 0.2) is 0 Å². The monoisotopic (exact) mass is 404 g/mol. The molecule has 0 saturated carbocycles. The van der Waals surface area contributed by atoms with Gasteiger partial charge in [0.25, 0.3) is 0 Å². The third kappa shape index (κ3) is 6.20. The molecule has 5 nitrogen and oxygen atoms in total. The van der Waals surface area contributed by atoms with Crippen LogP contribution < -0.4 is 9.62 Å². The largest absolute Gasteiger partial charge is 0.354 e. The summed E-state index contributed by atoms with van der Waals surface area (Å²) in [5, 5.41) is 3.34. The van der Waals surface area contributed by atoms with E-state index in [4.69, 9.17) is 23.2 Å². The van der Waals surface area contributed by atoms with Crippen molar-refractivity contribution >= 4 is 44.8 Å². The second-order valence-electron chi connectivity index (χ2n) is 6.07. The molecule has 0 heterocycles. The molecule has 138 valence electrons. The van der Waals surface area contributed by atoms with Crippen LogP contribution in [0.25, 0.3) is 0 Å². The Bertz CT molecular complexity index is 763. The highest BCUT2D eigenvalue weighted by Crippen LogP contribution is 2.30. The average Bonchev–Trinajstić information content (AvgIpc) is 2.55. The van der Waals surface area contributed by atoms with Crippen LogP contribution in [0.15, 0.2) is 29.8 Å². The standard InChI is InChI=1S/C17H22Cl2N2O3S/c1-25(23,24)21(16-11-14(18)7-8-15(16)19)12-17(22)20-10-9-13-5-3-2-4-6-13/h5,7-8,11H,2-4,6,9-10,12H2,1H3,(H,20,22). The average molecular weight is 405 g/mol. The number of allylic oxidation sites excluding steroid dienone is 1. The molecule has 1 aromatic rings. The van der Waals surface area contributed by atoms with E-state index in [9.17, 15) is 13.2 Å². The SMILES string of the molecule is CS(=O)(=O)N(CC(=O)NCCC1=CCCCC1)c1cc(Cl)ccc1Cl. The number of hydrogen-bond acceptors (Lipinski definition) is 3. The van der Waals surface area contributed by atoms with Crippen LogP contribution in [0.5, 0.6) is 0 Å². The zero-order valence-electron chi connectivity index (χ0n) is 14.1. The van der Waals surface area contributed by atoms with Crippen LogP contribution in [-0.4, -0.2) is 33.7 Å². The molecule has 0 radical (unpaired) electrons. The van der Waals surface area contributed by atoms with Gasteiger partial charge in [-0.15, -0.1) is 0 Å². The predicted octanol–water partition coefficient (Wildman–Crippen LogP) is 3.77. The molecule has 1 N–H and O–H groups in total. The fraction of sp³-hybridized carbons (Fsp3) is 0.471. The van der Waals surface area contributed by atoms with E-state index in [1.807, 2.05) is 0 Å². The number of benzene rings is 1. The lowest BCUT2D eigenvalue weighted by Crippen LogP contribution is -2.40. The fourth-order valence-electron chi connectivity index (χ4n) is 2.74. The molecule has 1 aromatic carbocycles. The lowest BCUT2D eigenvalue weighted by atomic mass is 9.97. The van der Waals surface area contributed by atoms with Crippen molar-refractivity contribution in [2.45, 2.75) is 32.1 Å². The maximum Gasteiger partial charge on any atom is 0.240 e. The highest BCUT2D eigenvalue weighted by molar-refractivity contribution is 7.92. The molecule has 0 fully saturated rings. The van der Waals surface area contributed by atoms with E-state index in [-0.39, 0.29) is 23.2 Å². The Morgan fingerprint density at radius 3 is 2.68 bits per heavy atom. The van der Waals surface area contributed by atoms with E-state index in [1.165, 1.54) is 30.5 Å². The molecule has 2 rings (SSSR count). The van der Waals surface area contributed by atoms with E-state index in [2.05, 4.69) is 11.4 Å². The zero-order chi connectivity index (χ0) is 18.4. The van der Waals surface area contributed by atoms with Crippen LogP contribution in [0.3, 0.4) is 0 Å². The molecule has 0 aromatic heterocycles. The Morgan fingerprint density at radius 2 is 2.04 bits per heavy atom. The van der Waals surface area contributed by atoms with Crippen LogP contribution in [0.2, 0.25) is 10.0 Å². The minimum atomic E-state index is -3.68. The Morgan fingerprint density at radius 1 is 1.28 bits per heavy atom. The number of carbonyl (C=O) groups is 1. The summed E-state index contributed by atoms with van der Waals surface area (Å²) < 4.78 is 25.1. The summed E-state index contributed by atoms with van der Waals surface area (Å²) in [6.45, 7) is 0.156. The molecule has 0 saturated heterocycles. The van der Waals surface area contributed by atoms with E-state index >= 15 is 0 Å². The first-order valence-electron chi connectivity index (χ1n) is 8.15. The predicted molar refractivity (Wildman–Crippen MR) is 103 cm³/mol. The number of anilines is 1. The van der Waals surface area contributed by atoms with Crippen molar-refractivity contribution in [2.24, 2.45) is 0 Å². The smallest absolute Gasteiger partial charge is 0.240 e. The van der Waals surface area contributed by atoms with Gasteiger partial charge in [-0.05, 0) is 50.3 Å². The summed E-state index contributed by atoms with van der Waals surface area (Å²) in [7, 11) is -3.68. The highest BCUT2D eigenvalue weighted by atomic mass is 35.5.